The molecule has 9 fully saturated rings. The molecule has 10 rings (SSSR count). The Morgan fingerprint density at radius 3 is 1.93 bits per heavy atom. The van der Waals surface area contributed by atoms with Crippen molar-refractivity contribution in [2.45, 2.75) is 254 Å². The molecule has 5 aliphatic carbocycles. The zero-order valence-corrected chi connectivity index (χ0v) is 50.0. The van der Waals surface area contributed by atoms with Crippen molar-refractivity contribution < 1.29 is 123 Å². The van der Waals surface area contributed by atoms with Crippen LogP contribution in [0.2, 0.25) is 0 Å². The van der Waals surface area contributed by atoms with Crippen LogP contribution in [0.3, 0.4) is 0 Å². The molecule has 5 heterocycles. The summed E-state index contributed by atoms with van der Waals surface area (Å²) >= 11 is 0. The largest absolute Gasteiger partial charge is 0.432 e. The van der Waals surface area contributed by atoms with Gasteiger partial charge in [-0.15, -0.1) is 0 Å². The summed E-state index contributed by atoms with van der Waals surface area (Å²) < 4.78 is 60.6. The van der Waals surface area contributed by atoms with Crippen LogP contribution in [0.1, 0.15) is 120 Å². The first-order valence-corrected chi connectivity index (χ1v) is 30.5. The summed E-state index contributed by atoms with van der Waals surface area (Å²) in [5, 5.41) is 142. The smallest absolute Gasteiger partial charge is 0.315 e. The quantitative estimate of drug-likeness (QED) is 0.0501. The van der Waals surface area contributed by atoms with E-state index < -0.39 is 190 Å². The van der Waals surface area contributed by atoms with Gasteiger partial charge < -0.3 is 119 Å². The number of aliphatic hydroxyl groups excluding tert-OH is 12. The maximum atomic E-state index is 15.3. The fraction of sp³-hybridized carbons (Fsp3) is 0.932. The Bertz CT molecular complexity index is 2420. The van der Waals surface area contributed by atoms with Gasteiger partial charge in [-0.3, -0.25) is 9.59 Å². The third-order valence-corrected chi connectivity index (χ3v) is 22.9. The van der Waals surface area contributed by atoms with Gasteiger partial charge in [0.05, 0.1) is 51.2 Å². The number of esters is 1. The van der Waals surface area contributed by atoms with Crippen molar-refractivity contribution in [2.24, 2.45) is 50.2 Å². The second kappa shape index (κ2) is 24.1. The van der Waals surface area contributed by atoms with Crippen molar-refractivity contribution in [2.75, 3.05) is 39.6 Å². The third-order valence-electron chi connectivity index (χ3n) is 22.9. The molecule has 26 nitrogen and oxygen atoms in total. The zero-order chi connectivity index (χ0) is 61.9. The van der Waals surface area contributed by atoms with Crippen LogP contribution >= 0.6 is 0 Å². The monoisotopic (exact) mass is 1220 g/mol. The lowest BCUT2D eigenvalue weighted by molar-refractivity contribution is -0.348. The molecule has 5 saturated heterocycles. The SMILES string of the molecule is CC(=O)N[C@H]1[C@H](O[C@H]2CC[C@]3(C)[C@H]4CC=C5[C@@H]6CC(C)(C)CC[C@]6(C(=O)O[C@@H]6O[C@H](CO)[C@@H](O)[C@H](O)[C@H]6O[C@@H]6OC[C@](O)(CO)[C@H]6O)CC[C@@]5(C)[C@]4(C)CC[C@H]3C2(C)C)O[C@H](CO[C@H]2OC[C@@H](O)[C@@H](O)[C@H]2O)[C@@H](O)[C@@H]1O[C@@H]1OC[C@@H](O)[C@H](O)[C@H]1O. The van der Waals surface area contributed by atoms with E-state index in [1.807, 2.05) is 0 Å². The summed E-state index contributed by atoms with van der Waals surface area (Å²) in [4.78, 5) is 28.4. The van der Waals surface area contributed by atoms with E-state index in [1.165, 1.54) is 12.5 Å². The van der Waals surface area contributed by atoms with Crippen LogP contribution in [0.25, 0.3) is 0 Å². The fourth-order valence-electron chi connectivity index (χ4n) is 17.5. The molecule has 0 aromatic heterocycles. The summed E-state index contributed by atoms with van der Waals surface area (Å²) in [5.74, 6) is -1.15. The molecule has 1 amide bonds. The minimum Gasteiger partial charge on any atom is -0.432 e. The number of carbonyl (C=O) groups is 2. The lowest BCUT2D eigenvalue weighted by Crippen LogP contribution is -2.69. The first-order chi connectivity index (χ1) is 39.8. The molecule has 85 heavy (non-hydrogen) atoms. The second-order valence-corrected chi connectivity index (χ2v) is 28.6. The predicted molar refractivity (Wildman–Crippen MR) is 289 cm³/mol. The Hall–Kier alpha value is -2.20. The van der Waals surface area contributed by atoms with E-state index in [2.05, 4.69) is 59.9 Å². The minimum atomic E-state index is -2.08. The standard InChI is InChI=1S/C59H95NO25/c1-26(63)60-36-44(83-49-43(72)38(67)30(65)22-77-49)40(69)32(23-78-48-42(71)37(66)29(64)21-76-48)81-47(36)82-35-12-13-55(6)33(54(35,4)5)11-14-57(8)34(55)10-9-27-28-19-53(2,3)15-17-58(28,18-16-56(27,57)7)52(74)85-50-45(41(70)39(68)31(20-61)80-50)84-51-46(73)59(75,24-62)25-79-51/h9,28-51,61-62,64-73,75H,10-25H2,1-8H3,(H,60,63)/t28-,29+,30+,31+,32+,33-,34+,35-,36+,37+,38-,39+,40+,41-,42+,43+,44+,45+,46-,47-,48+,49-,50-,51-,55-,56+,57+,58-,59+/m0/s1. The van der Waals surface area contributed by atoms with Gasteiger partial charge in [0, 0.05) is 6.92 Å². The van der Waals surface area contributed by atoms with Crippen LogP contribution in [-0.2, 0) is 57.0 Å². The molecule has 29 atom stereocenters. The van der Waals surface area contributed by atoms with Crippen LogP contribution in [-0.4, -0.2) is 253 Å². The predicted octanol–water partition coefficient (Wildman–Crippen LogP) is -2.15. The van der Waals surface area contributed by atoms with Gasteiger partial charge in [-0.1, -0.05) is 60.1 Å². The molecular weight excluding hydrogens is 1120 g/mol. The van der Waals surface area contributed by atoms with E-state index in [-0.39, 0.29) is 46.0 Å². The summed E-state index contributed by atoms with van der Waals surface area (Å²) in [6.45, 7) is 13.8. The summed E-state index contributed by atoms with van der Waals surface area (Å²) in [6.07, 6.45) is -21.5. The number of aliphatic hydroxyl groups is 13. The average molecular weight is 1220 g/mol. The second-order valence-electron chi connectivity index (χ2n) is 28.6. The lowest BCUT2D eigenvalue weighted by Gasteiger charge is -2.71. The van der Waals surface area contributed by atoms with Crippen LogP contribution in [0, 0.1) is 50.2 Å². The highest BCUT2D eigenvalue weighted by Crippen LogP contribution is 2.76. The van der Waals surface area contributed by atoms with E-state index in [1.54, 1.807) is 0 Å². The van der Waals surface area contributed by atoms with Gasteiger partial charge >= 0.3 is 5.97 Å². The van der Waals surface area contributed by atoms with Crippen molar-refractivity contribution in [3.8, 4) is 0 Å². The molecule has 0 bridgehead atoms. The minimum absolute atomic E-state index is 0.0714. The highest BCUT2D eigenvalue weighted by Gasteiger charge is 2.70. The molecule has 0 aromatic carbocycles. The van der Waals surface area contributed by atoms with Crippen LogP contribution in [0.5, 0.6) is 0 Å². The summed E-state index contributed by atoms with van der Waals surface area (Å²) in [5.41, 5.74) is -3.55. The van der Waals surface area contributed by atoms with Gasteiger partial charge in [0.15, 0.2) is 31.3 Å². The van der Waals surface area contributed by atoms with E-state index in [9.17, 15) is 71.2 Å². The number of fused-ring (bicyclic) bond motifs is 7. The van der Waals surface area contributed by atoms with Crippen molar-refractivity contribution in [3.05, 3.63) is 11.6 Å². The van der Waals surface area contributed by atoms with E-state index in [0.717, 1.165) is 25.7 Å². The Labute approximate surface area is 494 Å². The van der Waals surface area contributed by atoms with Gasteiger partial charge in [0.1, 0.15) is 91.0 Å². The number of allylic oxidation sites excluding steroid dienone is 2. The van der Waals surface area contributed by atoms with E-state index >= 15 is 4.79 Å². The van der Waals surface area contributed by atoms with Gasteiger partial charge in [0.2, 0.25) is 12.2 Å². The average Bonchev–Trinajstić information content (AvgIpc) is 1.03. The molecule has 4 saturated carbocycles. The number of hydrogen-bond acceptors (Lipinski definition) is 25. The lowest BCUT2D eigenvalue weighted by atomic mass is 9.33. The highest BCUT2D eigenvalue weighted by molar-refractivity contribution is 5.79. The Kier molecular flexibility index (Phi) is 18.7. The maximum Gasteiger partial charge on any atom is 0.315 e. The summed E-state index contributed by atoms with van der Waals surface area (Å²) in [6, 6.07) is -1.25. The van der Waals surface area contributed by atoms with Crippen LogP contribution in [0.15, 0.2) is 11.6 Å². The Morgan fingerprint density at radius 1 is 0.647 bits per heavy atom. The first-order valence-electron chi connectivity index (χ1n) is 30.5. The van der Waals surface area contributed by atoms with E-state index in [4.69, 9.17) is 47.4 Å². The molecular formula is C59H95NO25. The highest BCUT2D eigenvalue weighted by atomic mass is 16.8. The number of hydrogen-bond donors (Lipinski definition) is 14. The van der Waals surface area contributed by atoms with Gasteiger partial charge in [-0.2, -0.15) is 0 Å². The molecule has 0 spiro atoms. The number of rotatable bonds is 14. The molecule has 10 aliphatic rings. The van der Waals surface area contributed by atoms with Crippen molar-refractivity contribution in [3.63, 3.8) is 0 Å². The van der Waals surface area contributed by atoms with Crippen LogP contribution in [0.4, 0.5) is 0 Å². The Morgan fingerprint density at radius 2 is 1.28 bits per heavy atom. The molecule has 0 radical (unpaired) electrons. The first kappa shape index (κ1) is 65.7. The van der Waals surface area contributed by atoms with Crippen molar-refractivity contribution in [1.82, 2.24) is 5.32 Å². The Balaban J connectivity index is 0.904. The number of amides is 1. The molecule has 5 aliphatic heterocycles. The number of nitrogens with one attached hydrogen (secondary N) is 1. The van der Waals surface area contributed by atoms with Crippen molar-refractivity contribution >= 4 is 11.9 Å². The van der Waals surface area contributed by atoms with Crippen LogP contribution < -0.4 is 5.32 Å². The molecule has 486 valence electrons. The van der Waals surface area contributed by atoms with Gasteiger partial charge in [0.25, 0.3) is 0 Å². The van der Waals surface area contributed by atoms with Gasteiger partial charge in [-0.25, -0.2) is 0 Å². The normalized spacial score (nSPS) is 52.1. The number of ether oxygens (including phenoxy) is 10. The maximum absolute atomic E-state index is 15.3. The molecule has 14 N–H and O–H groups in total. The topological polar surface area (TPSA) is 401 Å². The number of carbonyl (C=O) groups excluding carboxylic acids is 2. The fourth-order valence-corrected chi connectivity index (χ4v) is 17.5. The van der Waals surface area contributed by atoms with Gasteiger partial charge in [-0.05, 0) is 109 Å². The molecule has 0 aromatic rings. The molecule has 26 heteroatoms. The van der Waals surface area contributed by atoms with E-state index in [0.29, 0.717) is 38.5 Å². The zero-order valence-electron chi connectivity index (χ0n) is 50.0. The molecule has 0 unspecified atom stereocenters. The van der Waals surface area contributed by atoms with Crippen molar-refractivity contribution in [1.29, 1.82) is 0 Å². The third kappa shape index (κ3) is 11.3. The summed E-state index contributed by atoms with van der Waals surface area (Å²) in [7, 11) is 0.